The normalized spacial score (nSPS) is 10.2. The monoisotopic (exact) mass is 262 g/mol. The molecule has 0 fully saturated rings. The highest BCUT2D eigenvalue weighted by Crippen LogP contribution is 2.22. The molecule has 2 aromatic rings. The quantitative estimate of drug-likeness (QED) is 0.657. The summed E-state index contributed by atoms with van der Waals surface area (Å²) >= 11 is 0. The minimum atomic E-state index is -0.557. The summed E-state index contributed by atoms with van der Waals surface area (Å²) in [5, 5.41) is 13.6. The number of nitrogens with zero attached hydrogens (tertiary/aromatic N) is 3. The van der Waals surface area contributed by atoms with Gasteiger partial charge in [-0.2, -0.15) is 0 Å². The van der Waals surface area contributed by atoms with Gasteiger partial charge in [-0.05, 0) is 18.2 Å². The van der Waals surface area contributed by atoms with Gasteiger partial charge in [0.1, 0.15) is 10.7 Å². The van der Waals surface area contributed by atoms with Crippen molar-refractivity contribution in [2.24, 2.45) is 0 Å². The van der Waals surface area contributed by atoms with Crippen LogP contribution in [-0.2, 0) is 6.54 Å². The molecule has 19 heavy (non-hydrogen) atoms. The Hall–Kier alpha value is -2.57. The van der Waals surface area contributed by atoms with Crippen LogP contribution >= 0.6 is 0 Å². The first-order valence-electron chi connectivity index (χ1n) is 5.67. The zero-order valence-electron chi connectivity index (χ0n) is 10.7. The van der Waals surface area contributed by atoms with Crippen molar-refractivity contribution in [2.75, 3.05) is 24.3 Å². The van der Waals surface area contributed by atoms with Crippen LogP contribution in [0.4, 0.5) is 17.4 Å². The molecule has 0 aromatic carbocycles. The molecule has 0 aliphatic carbocycles. The Kier molecular flexibility index (Phi) is 3.65. The molecule has 0 aliphatic rings. The summed E-state index contributed by atoms with van der Waals surface area (Å²) in [7, 11) is 3.79. The van der Waals surface area contributed by atoms with Crippen LogP contribution in [0.15, 0.2) is 34.9 Å². The molecule has 7 heteroatoms. The van der Waals surface area contributed by atoms with Crippen molar-refractivity contribution in [3.63, 3.8) is 0 Å². The van der Waals surface area contributed by atoms with Gasteiger partial charge in [-0.25, -0.2) is 4.98 Å². The molecular formula is C12H14N4O3. The Morgan fingerprint density at radius 2 is 2.21 bits per heavy atom. The number of aromatic nitrogens is 1. The third-order valence-corrected chi connectivity index (χ3v) is 2.49. The number of rotatable bonds is 5. The van der Waals surface area contributed by atoms with Gasteiger partial charge >= 0.3 is 5.88 Å². The van der Waals surface area contributed by atoms with Gasteiger partial charge in [0.15, 0.2) is 5.82 Å². The zero-order chi connectivity index (χ0) is 13.8. The first-order chi connectivity index (χ1) is 9.08. The Morgan fingerprint density at radius 1 is 1.42 bits per heavy atom. The van der Waals surface area contributed by atoms with Gasteiger partial charge in [0.2, 0.25) is 0 Å². The van der Waals surface area contributed by atoms with Gasteiger partial charge in [0.25, 0.3) is 0 Å². The summed E-state index contributed by atoms with van der Waals surface area (Å²) in [5.41, 5.74) is 0.839. The lowest BCUT2D eigenvalue weighted by molar-refractivity contribution is -0.402. The highest BCUT2D eigenvalue weighted by atomic mass is 16.6. The maximum Gasteiger partial charge on any atom is 0.433 e. The van der Waals surface area contributed by atoms with Gasteiger partial charge in [0, 0.05) is 20.3 Å². The molecule has 0 bridgehead atoms. The lowest BCUT2D eigenvalue weighted by Crippen LogP contribution is -2.13. The summed E-state index contributed by atoms with van der Waals surface area (Å²) < 4.78 is 5.07. The topological polar surface area (TPSA) is 84.4 Å². The second-order valence-electron chi connectivity index (χ2n) is 4.12. The van der Waals surface area contributed by atoms with Crippen molar-refractivity contribution in [3.8, 4) is 0 Å². The molecule has 0 saturated heterocycles. The van der Waals surface area contributed by atoms with Crippen LogP contribution in [0.25, 0.3) is 0 Å². The van der Waals surface area contributed by atoms with Gasteiger partial charge in [0.05, 0.1) is 18.3 Å². The van der Waals surface area contributed by atoms with E-state index in [1.807, 2.05) is 31.1 Å². The van der Waals surface area contributed by atoms with Crippen LogP contribution in [0.2, 0.25) is 0 Å². The minimum absolute atomic E-state index is 0.254. The molecular weight excluding hydrogens is 248 g/mol. The lowest BCUT2D eigenvalue weighted by Gasteiger charge is -2.16. The molecule has 2 heterocycles. The third kappa shape index (κ3) is 3.01. The lowest BCUT2D eigenvalue weighted by atomic mass is 10.3. The van der Waals surface area contributed by atoms with Crippen LogP contribution in [0.3, 0.4) is 0 Å². The standard InChI is InChI=1S/C12H14N4O3/c1-15(2)12-10(4-3-7-13-12)14-8-9-5-6-11(19-9)16(17)18/h3-7,14H,8H2,1-2H3. The fourth-order valence-electron chi connectivity index (χ4n) is 1.63. The first-order valence-corrected chi connectivity index (χ1v) is 5.67. The van der Waals surface area contributed by atoms with E-state index in [2.05, 4.69) is 10.3 Å². The first kappa shape index (κ1) is 12.9. The van der Waals surface area contributed by atoms with Gasteiger partial charge in [-0.15, -0.1) is 0 Å². The van der Waals surface area contributed by atoms with E-state index in [4.69, 9.17) is 4.42 Å². The smallest absolute Gasteiger partial charge is 0.404 e. The van der Waals surface area contributed by atoms with E-state index in [9.17, 15) is 10.1 Å². The van der Waals surface area contributed by atoms with Crippen molar-refractivity contribution in [2.45, 2.75) is 6.54 Å². The molecule has 0 atom stereocenters. The molecule has 0 amide bonds. The van der Waals surface area contributed by atoms with Gasteiger partial charge in [-0.3, -0.25) is 10.1 Å². The van der Waals surface area contributed by atoms with Crippen molar-refractivity contribution in [3.05, 3.63) is 46.3 Å². The van der Waals surface area contributed by atoms with Crippen LogP contribution in [0.5, 0.6) is 0 Å². The highest BCUT2D eigenvalue weighted by Gasteiger charge is 2.12. The van der Waals surface area contributed by atoms with Gasteiger partial charge < -0.3 is 14.6 Å². The van der Waals surface area contributed by atoms with E-state index in [0.29, 0.717) is 12.3 Å². The van der Waals surface area contributed by atoms with Crippen molar-refractivity contribution in [1.29, 1.82) is 0 Å². The van der Waals surface area contributed by atoms with E-state index in [0.717, 1.165) is 11.5 Å². The molecule has 0 radical (unpaired) electrons. The van der Waals surface area contributed by atoms with Gasteiger partial charge in [-0.1, -0.05) is 0 Å². The van der Waals surface area contributed by atoms with E-state index < -0.39 is 4.92 Å². The number of pyridine rings is 1. The maximum atomic E-state index is 10.5. The average molecular weight is 262 g/mol. The molecule has 0 spiro atoms. The number of nitrogens with one attached hydrogen (secondary N) is 1. The van der Waals surface area contributed by atoms with Crippen LogP contribution in [0, 0.1) is 10.1 Å². The summed E-state index contributed by atoms with van der Waals surface area (Å²) in [5.74, 6) is 1.04. The van der Waals surface area contributed by atoms with E-state index in [1.54, 1.807) is 12.3 Å². The number of hydrogen-bond donors (Lipinski definition) is 1. The Labute approximate surface area is 110 Å². The van der Waals surface area contributed by atoms with Crippen LogP contribution < -0.4 is 10.2 Å². The molecule has 0 unspecified atom stereocenters. The summed E-state index contributed by atoms with van der Waals surface area (Å²) in [4.78, 5) is 16.1. The Morgan fingerprint density at radius 3 is 2.84 bits per heavy atom. The average Bonchev–Trinajstić information content (AvgIpc) is 2.85. The summed E-state index contributed by atoms with van der Waals surface area (Å²) in [6.45, 7) is 0.361. The fourth-order valence-corrected chi connectivity index (χ4v) is 1.63. The fraction of sp³-hybridized carbons (Fsp3) is 0.250. The third-order valence-electron chi connectivity index (χ3n) is 2.49. The largest absolute Gasteiger partial charge is 0.433 e. The van der Waals surface area contributed by atoms with Crippen molar-refractivity contribution in [1.82, 2.24) is 4.98 Å². The number of nitro groups is 1. The molecule has 1 N–H and O–H groups in total. The highest BCUT2D eigenvalue weighted by molar-refractivity contribution is 5.64. The number of furan rings is 1. The molecule has 0 saturated carbocycles. The number of anilines is 2. The molecule has 0 aliphatic heterocycles. The number of hydrogen-bond acceptors (Lipinski definition) is 6. The zero-order valence-corrected chi connectivity index (χ0v) is 10.7. The molecule has 2 aromatic heterocycles. The molecule has 7 nitrogen and oxygen atoms in total. The minimum Gasteiger partial charge on any atom is -0.404 e. The second-order valence-corrected chi connectivity index (χ2v) is 4.12. The maximum absolute atomic E-state index is 10.5. The summed E-state index contributed by atoms with van der Waals surface area (Å²) in [6, 6.07) is 6.63. The van der Waals surface area contributed by atoms with E-state index >= 15 is 0 Å². The Balaban J connectivity index is 2.08. The SMILES string of the molecule is CN(C)c1ncccc1NCc1ccc([N+](=O)[O-])o1. The molecule has 100 valence electrons. The van der Waals surface area contributed by atoms with Crippen LogP contribution in [0.1, 0.15) is 5.76 Å². The van der Waals surface area contributed by atoms with Crippen molar-refractivity contribution >= 4 is 17.4 Å². The molecule has 2 rings (SSSR count). The van der Waals surface area contributed by atoms with Crippen LogP contribution in [-0.4, -0.2) is 24.0 Å². The second kappa shape index (κ2) is 5.38. The van der Waals surface area contributed by atoms with E-state index in [-0.39, 0.29) is 5.88 Å². The predicted molar refractivity (Wildman–Crippen MR) is 71.3 cm³/mol. The Bertz CT molecular complexity index is 580. The summed E-state index contributed by atoms with van der Waals surface area (Å²) in [6.07, 6.45) is 1.71. The van der Waals surface area contributed by atoms with Crippen molar-refractivity contribution < 1.29 is 9.34 Å². The predicted octanol–water partition coefficient (Wildman–Crippen LogP) is 2.26. The van der Waals surface area contributed by atoms with E-state index in [1.165, 1.54) is 6.07 Å².